The molecule has 0 unspecified atom stereocenters. The summed E-state index contributed by atoms with van der Waals surface area (Å²) in [6.45, 7) is 3.24. The normalized spacial score (nSPS) is 15.7. The van der Waals surface area contributed by atoms with Gasteiger partial charge in [0.2, 0.25) is 11.9 Å². The third-order valence-corrected chi connectivity index (χ3v) is 7.32. The Bertz CT molecular complexity index is 1150. The second-order valence-corrected chi connectivity index (χ2v) is 10.1. The lowest BCUT2D eigenvalue weighted by molar-refractivity contribution is -0.137. The number of anilines is 1. The Morgan fingerprint density at radius 2 is 2.03 bits per heavy atom. The molecule has 1 aliphatic heterocycles. The number of aryl methyl sites for hydroxylation is 2. The number of aromatic nitrogens is 4. The first-order chi connectivity index (χ1) is 15.6. The number of nitrogens with one attached hydrogen (secondary N) is 1. The highest BCUT2D eigenvalue weighted by Crippen LogP contribution is 2.39. The van der Waals surface area contributed by atoms with Crippen molar-refractivity contribution in [3.8, 4) is 10.6 Å². The lowest BCUT2D eigenvalue weighted by Gasteiger charge is -2.31. The fraction of sp³-hybridized carbons (Fsp3) is 0.400. The third-order valence-electron chi connectivity index (χ3n) is 5.21. The van der Waals surface area contributed by atoms with Gasteiger partial charge < -0.3 is 11.1 Å². The van der Waals surface area contributed by atoms with Crippen LogP contribution in [0.25, 0.3) is 10.6 Å². The molecular formula is C20H22F3N7OS2. The van der Waals surface area contributed by atoms with Crippen LogP contribution in [0.3, 0.4) is 0 Å². The number of rotatable bonds is 6. The molecule has 33 heavy (non-hydrogen) atoms. The fourth-order valence-corrected chi connectivity index (χ4v) is 5.57. The van der Waals surface area contributed by atoms with Gasteiger partial charge in [-0.2, -0.15) is 18.3 Å². The molecule has 0 radical (unpaired) electrons. The van der Waals surface area contributed by atoms with Gasteiger partial charge in [0.05, 0.1) is 27.2 Å². The molecule has 3 aromatic heterocycles. The monoisotopic (exact) mass is 497 g/mol. The first kappa shape index (κ1) is 23.5. The standard InChI is InChI=1S/C20H22F3N7OS2/c1-11-14(18(24)31)7-16(32-11)17-15(20(21,22)23)9-25-19(28-17)27-12-3-5-30(6-4-12)33-13-8-26-29(2)10-13/h7-10,12H,3-6H2,1-2H3,(H2,24,31)(H,25,27,28). The zero-order valence-electron chi connectivity index (χ0n) is 17.9. The molecule has 1 fully saturated rings. The molecule has 0 saturated carbocycles. The van der Waals surface area contributed by atoms with Gasteiger partial charge in [0.25, 0.3) is 0 Å². The van der Waals surface area contributed by atoms with Gasteiger partial charge in [-0.3, -0.25) is 9.48 Å². The Balaban J connectivity index is 1.49. The van der Waals surface area contributed by atoms with Crippen LogP contribution in [0.1, 0.15) is 33.6 Å². The van der Waals surface area contributed by atoms with E-state index in [4.69, 9.17) is 5.73 Å². The lowest BCUT2D eigenvalue weighted by Crippen LogP contribution is -2.36. The van der Waals surface area contributed by atoms with Crippen molar-refractivity contribution in [1.82, 2.24) is 24.1 Å². The van der Waals surface area contributed by atoms with Crippen LogP contribution in [0.2, 0.25) is 0 Å². The van der Waals surface area contributed by atoms with Crippen molar-refractivity contribution in [2.24, 2.45) is 12.8 Å². The first-order valence-electron chi connectivity index (χ1n) is 10.1. The molecule has 0 aromatic carbocycles. The Hall–Kier alpha value is -2.64. The minimum atomic E-state index is -4.63. The van der Waals surface area contributed by atoms with E-state index in [1.165, 1.54) is 6.07 Å². The van der Waals surface area contributed by atoms with Gasteiger partial charge in [0.1, 0.15) is 5.56 Å². The summed E-state index contributed by atoms with van der Waals surface area (Å²) in [5, 5.41) is 7.34. The summed E-state index contributed by atoms with van der Waals surface area (Å²) < 4.78 is 44.8. The van der Waals surface area contributed by atoms with Gasteiger partial charge in [-0.25, -0.2) is 14.3 Å². The topological polar surface area (TPSA) is 102 Å². The number of halogens is 3. The van der Waals surface area contributed by atoms with E-state index in [0.29, 0.717) is 4.88 Å². The van der Waals surface area contributed by atoms with Crippen molar-refractivity contribution in [3.05, 3.63) is 40.7 Å². The molecule has 0 atom stereocenters. The molecule has 3 aromatic rings. The number of thiophene rings is 1. The molecule has 1 amide bonds. The smallest absolute Gasteiger partial charge is 0.366 e. The van der Waals surface area contributed by atoms with Gasteiger partial charge in [-0.1, -0.05) is 0 Å². The quantitative estimate of drug-likeness (QED) is 0.497. The van der Waals surface area contributed by atoms with Crippen molar-refractivity contribution < 1.29 is 18.0 Å². The molecular weight excluding hydrogens is 475 g/mol. The third kappa shape index (κ3) is 5.47. The van der Waals surface area contributed by atoms with E-state index in [1.807, 2.05) is 19.4 Å². The molecule has 8 nitrogen and oxygen atoms in total. The number of primary amides is 1. The average molecular weight is 498 g/mol. The van der Waals surface area contributed by atoms with Crippen molar-refractivity contribution in [3.63, 3.8) is 0 Å². The van der Waals surface area contributed by atoms with Crippen LogP contribution in [0, 0.1) is 6.92 Å². The van der Waals surface area contributed by atoms with Crippen LogP contribution in [-0.4, -0.2) is 49.1 Å². The van der Waals surface area contributed by atoms with Crippen molar-refractivity contribution in [2.45, 2.75) is 36.9 Å². The number of alkyl halides is 3. The summed E-state index contributed by atoms with van der Waals surface area (Å²) in [5.41, 5.74) is 4.31. The first-order valence-corrected chi connectivity index (χ1v) is 11.7. The number of hydrogen-bond acceptors (Lipinski definition) is 8. The fourth-order valence-electron chi connectivity index (χ4n) is 3.56. The molecule has 1 saturated heterocycles. The Labute approximate surface area is 196 Å². The number of piperidine rings is 1. The number of carbonyl (C=O) groups excluding carboxylic acids is 1. The summed E-state index contributed by atoms with van der Waals surface area (Å²) in [6, 6.07) is 1.39. The summed E-state index contributed by atoms with van der Waals surface area (Å²) in [7, 11) is 1.87. The second-order valence-electron chi connectivity index (χ2n) is 7.69. The Morgan fingerprint density at radius 3 is 2.61 bits per heavy atom. The molecule has 0 spiro atoms. The molecule has 13 heteroatoms. The Morgan fingerprint density at radius 1 is 1.30 bits per heavy atom. The second kappa shape index (κ2) is 9.31. The van der Waals surface area contributed by atoms with Gasteiger partial charge in [-0.05, 0) is 37.8 Å². The van der Waals surface area contributed by atoms with Crippen LogP contribution in [-0.2, 0) is 13.2 Å². The van der Waals surface area contributed by atoms with E-state index >= 15 is 0 Å². The maximum atomic E-state index is 13.6. The predicted molar refractivity (Wildman–Crippen MR) is 121 cm³/mol. The van der Waals surface area contributed by atoms with Crippen LogP contribution in [0.15, 0.2) is 29.6 Å². The van der Waals surface area contributed by atoms with Gasteiger partial charge in [-0.15, -0.1) is 11.3 Å². The molecule has 1 aliphatic rings. The van der Waals surface area contributed by atoms with Crippen LogP contribution < -0.4 is 11.1 Å². The summed E-state index contributed by atoms with van der Waals surface area (Å²) >= 11 is 2.68. The predicted octanol–water partition coefficient (Wildman–Crippen LogP) is 3.95. The summed E-state index contributed by atoms with van der Waals surface area (Å²) in [5.74, 6) is -0.560. The van der Waals surface area contributed by atoms with E-state index < -0.39 is 17.6 Å². The van der Waals surface area contributed by atoms with Crippen molar-refractivity contribution in [2.75, 3.05) is 18.4 Å². The average Bonchev–Trinajstić information content (AvgIpc) is 3.34. The van der Waals surface area contributed by atoms with Crippen LogP contribution in [0.4, 0.5) is 19.1 Å². The maximum absolute atomic E-state index is 13.6. The highest BCUT2D eigenvalue weighted by molar-refractivity contribution is 7.97. The number of hydrogen-bond donors (Lipinski definition) is 2. The van der Waals surface area contributed by atoms with Crippen molar-refractivity contribution in [1.29, 1.82) is 0 Å². The largest absolute Gasteiger partial charge is 0.420 e. The molecule has 4 heterocycles. The number of carbonyl (C=O) groups is 1. The van der Waals surface area contributed by atoms with Gasteiger partial charge >= 0.3 is 6.18 Å². The zero-order valence-corrected chi connectivity index (χ0v) is 19.5. The summed E-state index contributed by atoms with van der Waals surface area (Å²) in [6.07, 6.45) is 1.49. The Kier molecular flexibility index (Phi) is 6.64. The van der Waals surface area contributed by atoms with E-state index in [9.17, 15) is 18.0 Å². The molecule has 0 aliphatic carbocycles. The lowest BCUT2D eigenvalue weighted by atomic mass is 10.1. The van der Waals surface area contributed by atoms with Crippen LogP contribution >= 0.6 is 23.3 Å². The van der Waals surface area contributed by atoms with E-state index in [1.54, 1.807) is 23.6 Å². The highest BCUT2D eigenvalue weighted by atomic mass is 32.2. The van der Waals surface area contributed by atoms with Gasteiger partial charge in [0, 0.05) is 43.4 Å². The van der Waals surface area contributed by atoms with Crippen LogP contribution in [0.5, 0.6) is 0 Å². The zero-order chi connectivity index (χ0) is 23.8. The molecule has 4 rings (SSSR count). The van der Waals surface area contributed by atoms with E-state index in [0.717, 1.165) is 48.4 Å². The van der Waals surface area contributed by atoms with E-state index in [2.05, 4.69) is 24.7 Å². The number of amides is 1. The maximum Gasteiger partial charge on any atom is 0.420 e. The van der Waals surface area contributed by atoms with E-state index in [-0.39, 0.29) is 28.1 Å². The summed E-state index contributed by atoms with van der Waals surface area (Å²) in [4.78, 5) is 21.5. The SMILES string of the molecule is Cc1sc(-c2nc(NC3CCN(Sc4cnn(C)c4)CC3)ncc2C(F)(F)F)cc1C(N)=O. The minimum absolute atomic E-state index is 0.0339. The molecule has 3 N–H and O–H groups in total. The highest BCUT2D eigenvalue weighted by Gasteiger charge is 2.36. The number of nitrogens with zero attached hydrogens (tertiary/aromatic N) is 5. The minimum Gasteiger partial charge on any atom is -0.366 e. The molecule has 176 valence electrons. The van der Waals surface area contributed by atoms with Gasteiger partial charge in [0.15, 0.2) is 0 Å². The molecule has 0 bridgehead atoms. The number of nitrogens with two attached hydrogens (primary N) is 1. The van der Waals surface area contributed by atoms with Crippen molar-refractivity contribution >= 4 is 35.1 Å².